The molecule has 1 aliphatic heterocycles. The monoisotopic (exact) mass is 466 g/mol. The molecule has 31 heavy (non-hydrogen) atoms. The van der Waals surface area contributed by atoms with E-state index >= 15 is 0 Å². The maximum atomic E-state index is 12.9. The van der Waals surface area contributed by atoms with Gasteiger partial charge in [-0.3, -0.25) is 9.59 Å². The molecule has 2 rings (SSSR count). The first kappa shape index (κ1) is 25.1. The Labute approximate surface area is 178 Å². The zero-order valence-corrected chi connectivity index (χ0v) is 18.1. The first-order valence-electron chi connectivity index (χ1n) is 9.59. The molecule has 8 nitrogen and oxygen atoms in total. The minimum atomic E-state index is -4.73. The number of carbonyl (C=O) groups excluding carboxylic acids is 2. The fourth-order valence-corrected chi connectivity index (χ4v) is 4.25. The lowest BCUT2D eigenvalue weighted by atomic mass is 10.1. The molecule has 1 heterocycles. The van der Waals surface area contributed by atoms with Crippen molar-refractivity contribution in [3.8, 4) is 0 Å². The van der Waals surface area contributed by atoms with E-state index in [-0.39, 0.29) is 0 Å². The first-order valence-corrected chi connectivity index (χ1v) is 11.1. The smallest absolute Gasteiger partial charge is 0.416 e. The number of amides is 1. The van der Waals surface area contributed by atoms with E-state index in [0.717, 1.165) is 18.2 Å². The molecule has 1 saturated heterocycles. The van der Waals surface area contributed by atoms with Crippen LogP contribution in [0.25, 0.3) is 0 Å². The van der Waals surface area contributed by atoms with Crippen LogP contribution in [0.4, 0.5) is 13.2 Å². The maximum Gasteiger partial charge on any atom is 0.416 e. The van der Waals surface area contributed by atoms with Gasteiger partial charge in [-0.2, -0.15) is 17.9 Å². The van der Waals surface area contributed by atoms with Crippen LogP contribution >= 0.6 is 0 Å². The van der Waals surface area contributed by atoms with Crippen LogP contribution in [0.2, 0.25) is 0 Å². The molecule has 1 amide bonds. The van der Waals surface area contributed by atoms with Gasteiger partial charge in [0.2, 0.25) is 10.0 Å². The van der Waals surface area contributed by atoms with Crippen molar-refractivity contribution >= 4 is 21.9 Å². The normalized spacial score (nSPS) is 17.3. The third kappa shape index (κ3) is 6.65. The van der Waals surface area contributed by atoms with E-state index < -0.39 is 56.6 Å². The summed E-state index contributed by atoms with van der Waals surface area (Å²) in [6, 6.07) is 1.77. The van der Waals surface area contributed by atoms with Crippen LogP contribution in [0.15, 0.2) is 29.2 Å². The van der Waals surface area contributed by atoms with E-state index in [1.807, 2.05) is 0 Å². The number of ether oxygens (including phenoxy) is 2. The number of carbonyl (C=O) groups is 2. The minimum absolute atomic E-state index is 0.344. The molecule has 0 saturated carbocycles. The Kier molecular flexibility index (Phi) is 8.06. The van der Waals surface area contributed by atoms with Gasteiger partial charge in [-0.05, 0) is 31.0 Å². The summed E-state index contributed by atoms with van der Waals surface area (Å²) in [5.74, 6) is -2.04. The number of hydrogen-bond acceptors (Lipinski definition) is 6. The Balaban J connectivity index is 2.14. The lowest BCUT2D eigenvalue weighted by molar-refractivity contribution is -0.162. The topological polar surface area (TPSA) is 102 Å². The van der Waals surface area contributed by atoms with Crippen LogP contribution in [-0.2, 0) is 35.3 Å². The SMILES string of the molecule is CC(C)[C@H](NS(=O)(=O)c1cccc(C(F)(F)F)c1)C(=O)O[C@H](C)C(=O)N1CCOCC1. The molecular formula is C19H25F3N2O6S. The third-order valence-electron chi connectivity index (χ3n) is 4.64. The molecule has 0 aliphatic carbocycles. The quantitative estimate of drug-likeness (QED) is 0.615. The molecule has 12 heteroatoms. The molecule has 1 aromatic rings. The molecule has 174 valence electrons. The van der Waals surface area contributed by atoms with Gasteiger partial charge in [0, 0.05) is 13.1 Å². The van der Waals surface area contributed by atoms with Gasteiger partial charge >= 0.3 is 12.1 Å². The molecular weight excluding hydrogens is 441 g/mol. The second-order valence-electron chi connectivity index (χ2n) is 7.39. The number of nitrogens with one attached hydrogen (secondary N) is 1. The standard InChI is InChI=1S/C19H25F3N2O6S/c1-12(2)16(18(26)30-13(3)17(25)24-7-9-29-10-8-24)23-31(27,28)15-6-4-5-14(11-15)19(20,21)22/h4-6,11-13,16,23H,7-10H2,1-3H3/t13-,16+/m1/s1. The van der Waals surface area contributed by atoms with Crippen molar-refractivity contribution in [1.29, 1.82) is 0 Å². The number of morpholine rings is 1. The van der Waals surface area contributed by atoms with Gasteiger partial charge in [0.25, 0.3) is 5.91 Å². The average molecular weight is 466 g/mol. The van der Waals surface area contributed by atoms with Gasteiger partial charge in [-0.15, -0.1) is 0 Å². The number of sulfonamides is 1. The van der Waals surface area contributed by atoms with Gasteiger partial charge in [0.05, 0.1) is 23.7 Å². The van der Waals surface area contributed by atoms with E-state index in [1.54, 1.807) is 0 Å². The average Bonchev–Trinajstić information content (AvgIpc) is 2.71. The highest BCUT2D eigenvalue weighted by Crippen LogP contribution is 2.30. The third-order valence-corrected chi connectivity index (χ3v) is 6.08. The van der Waals surface area contributed by atoms with Gasteiger partial charge in [-0.25, -0.2) is 8.42 Å². The number of alkyl halides is 3. The van der Waals surface area contributed by atoms with Gasteiger partial charge in [-0.1, -0.05) is 19.9 Å². The first-order chi connectivity index (χ1) is 14.3. The largest absolute Gasteiger partial charge is 0.451 e. The predicted molar refractivity (Wildman–Crippen MR) is 103 cm³/mol. The number of hydrogen-bond donors (Lipinski definition) is 1. The van der Waals surface area contributed by atoms with Crippen molar-refractivity contribution in [3.05, 3.63) is 29.8 Å². The zero-order valence-electron chi connectivity index (χ0n) is 17.3. The molecule has 1 N–H and O–H groups in total. The molecule has 1 aromatic carbocycles. The number of nitrogens with zero attached hydrogens (tertiary/aromatic N) is 1. The lowest BCUT2D eigenvalue weighted by Crippen LogP contribution is -2.49. The molecule has 0 spiro atoms. The summed E-state index contributed by atoms with van der Waals surface area (Å²) < 4.78 is 76.4. The fraction of sp³-hybridized carbons (Fsp3) is 0.579. The summed E-state index contributed by atoms with van der Waals surface area (Å²) >= 11 is 0. The number of rotatable bonds is 7. The van der Waals surface area contributed by atoms with E-state index in [4.69, 9.17) is 9.47 Å². The van der Waals surface area contributed by atoms with E-state index in [1.165, 1.54) is 25.7 Å². The molecule has 1 fully saturated rings. The Morgan fingerprint density at radius 1 is 1.16 bits per heavy atom. The lowest BCUT2D eigenvalue weighted by Gasteiger charge is -2.30. The summed E-state index contributed by atoms with van der Waals surface area (Å²) in [6.07, 6.45) is -5.89. The van der Waals surface area contributed by atoms with Crippen molar-refractivity contribution in [1.82, 2.24) is 9.62 Å². The summed E-state index contributed by atoms with van der Waals surface area (Å²) in [4.78, 5) is 25.8. The Hall–Kier alpha value is -2.18. The van der Waals surface area contributed by atoms with Gasteiger partial charge < -0.3 is 14.4 Å². The van der Waals surface area contributed by atoms with Gasteiger partial charge in [0.1, 0.15) is 6.04 Å². The highest BCUT2D eigenvalue weighted by atomic mass is 32.2. The number of halogens is 3. The number of esters is 1. The zero-order chi connectivity index (χ0) is 23.4. The van der Waals surface area contributed by atoms with Crippen molar-refractivity contribution in [2.45, 2.75) is 44.0 Å². The Morgan fingerprint density at radius 3 is 2.32 bits per heavy atom. The fourth-order valence-electron chi connectivity index (χ4n) is 2.87. The van der Waals surface area contributed by atoms with Crippen molar-refractivity contribution in [2.75, 3.05) is 26.3 Å². The molecule has 0 bridgehead atoms. The van der Waals surface area contributed by atoms with Crippen molar-refractivity contribution in [3.63, 3.8) is 0 Å². The highest BCUT2D eigenvalue weighted by molar-refractivity contribution is 7.89. The van der Waals surface area contributed by atoms with E-state index in [0.29, 0.717) is 32.4 Å². The maximum absolute atomic E-state index is 12.9. The van der Waals surface area contributed by atoms with Crippen molar-refractivity contribution < 1.29 is 40.7 Å². The summed E-state index contributed by atoms with van der Waals surface area (Å²) in [5, 5.41) is 0. The highest BCUT2D eigenvalue weighted by Gasteiger charge is 2.35. The summed E-state index contributed by atoms with van der Waals surface area (Å²) in [5.41, 5.74) is -1.14. The van der Waals surface area contributed by atoms with Crippen LogP contribution in [0.1, 0.15) is 26.3 Å². The van der Waals surface area contributed by atoms with Crippen LogP contribution in [0.5, 0.6) is 0 Å². The van der Waals surface area contributed by atoms with E-state index in [2.05, 4.69) is 4.72 Å². The molecule has 1 aliphatic rings. The Morgan fingerprint density at radius 2 is 1.77 bits per heavy atom. The minimum Gasteiger partial charge on any atom is -0.451 e. The van der Waals surface area contributed by atoms with Crippen molar-refractivity contribution in [2.24, 2.45) is 5.92 Å². The summed E-state index contributed by atoms with van der Waals surface area (Å²) in [7, 11) is -4.47. The van der Waals surface area contributed by atoms with Crippen LogP contribution < -0.4 is 4.72 Å². The van der Waals surface area contributed by atoms with E-state index in [9.17, 15) is 31.2 Å². The second kappa shape index (κ2) is 9.96. The van der Waals surface area contributed by atoms with Crippen LogP contribution in [0.3, 0.4) is 0 Å². The predicted octanol–water partition coefficient (Wildman–Crippen LogP) is 1.80. The Bertz CT molecular complexity index is 898. The second-order valence-corrected chi connectivity index (χ2v) is 9.10. The molecule has 0 unspecified atom stereocenters. The molecule has 2 atom stereocenters. The molecule has 0 radical (unpaired) electrons. The summed E-state index contributed by atoms with van der Waals surface area (Å²) in [6.45, 7) is 5.85. The van der Waals surface area contributed by atoms with Gasteiger partial charge in [0.15, 0.2) is 6.10 Å². The van der Waals surface area contributed by atoms with Crippen LogP contribution in [0, 0.1) is 5.92 Å². The molecule has 0 aromatic heterocycles. The number of benzene rings is 1. The van der Waals surface area contributed by atoms with Crippen LogP contribution in [-0.4, -0.2) is 63.6 Å².